The standard InChI is InChI=1S/C25H13Cl4N3O3S/c26-13-10-17(28)22-18(11-13)31-24(35-22)12-3-1-4-14(9-12)30-25(36)32-23(33)20-8-7-19(34-20)15-5-2-6-16(27)21(15)29/h1-11H,(H2,30,32,33,36). The van der Waals surface area contributed by atoms with Crippen molar-refractivity contribution in [3.05, 3.63) is 92.6 Å². The molecule has 1 amide bonds. The summed E-state index contributed by atoms with van der Waals surface area (Å²) in [5.41, 5.74) is 2.83. The lowest BCUT2D eigenvalue weighted by atomic mass is 10.2. The number of oxazole rings is 1. The highest BCUT2D eigenvalue weighted by atomic mass is 35.5. The maximum atomic E-state index is 12.6. The number of halogens is 4. The van der Waals surface area contributed by atoms with Gasteiger partial charge in [-0.15, -0.1) is 0 Å². The van der Waals surface area contributed by atoms with Crippen LogP contribution in [0.1, 0.15) is 10.6 Å². The molecule has 5 aromatic rings. The molecule has 2 heterocycles. The van der Waals surface area contributed by atoms with Crippen molar-refractivity contribution in [1.29, 1.82) is 0 Å². The molecular weight excluding hydrogens is 564 g/mol. The average molecular weight is 577 g/mol. The zero-order chi connectivity index (χ0) is 25.4. The number of benzene rings is 3. The van der Waals surface area contributed by atoms with Gasteiger partial charge in [0, 0.05) is 21.8 Å². The van der Waals surface area contributed by atoms with Crippen LogP contribution in [-0.2, 0) is 0 Å². The van der Waals surface area contributed by atoms with Gasteiger partial charge in [-0.1, -0.05) is 58.5 Å². The highest BCUT2D eigenvalue weighted by Crippen LogP contribution is 2.35. The lowest BCUT2D eigenvalue weighted by molar-refractivity contribution is 0.0951. The summed E-state index contributed by atoms with van der Waals surface area (Å²) in [5.74, 6) is 0.286. The van der Waals surface area contributed by atoms with Crippen molar-refractivity contribution in [1.82, 2.24) is 10.3 Å². The van der Waals surface area contributed by atoms with Crippen LogP contribution in [0.2, 0.25) is 20.1 Å². The number of furan rings is 1. The number of anilines is 1. The highest BCUT2D eigenvalue weighted by molar-refractivity contribution is 7.80. The second kappa shape index (κ2) is 10.1. The van der Waals surface area contributed by atoms with Gasteiger partial charge in [-0.3, -0.25) is 10.1 Å². The first-order valence-electron chi connectivity index (χ1n) is 10.3. The Kier molecular flexibility index (Phi) is 6.92. The minimum atomic E-state index is -0.529. The summed E-state index contributed by atoms with van der Waals surface area (Å²) in [6.45, 7) is 0. The zero-order valence-electron chi connectivity index (χ0n) is 17.9. The molecule has 0 fully saturated rings. The molecule has 0 saturated heterocycles. The third-order valence-electron chi connectivity index (χ3n) is 5.05. The fraction of sp³-hybridized carbons (Fsp3) is 0. The molecule has 0 saturated carbocycles. The SMILES string of the molecule is O=C(NC(=S)Nc1cccc(-c2nc3cc(Cl)cc(Cl)c3o2)c1)c1ccc(-c2cccc(Cl)c2Cl)o1. The summed E-state index contributed by atoms with van der Waals surface area (Å²) in [6, 6.07) is 18.7. The summed E-state index contributed by atoms with van der Waals surface area (Å²) >= 11 is 29.9. The molecule has 2 aromatic heterocycles. The van der Waals surface area contributed by atoms with Crippen molar-refractivity contribution in [2.75, 3.05) is 5.32 Å². The van der Waals surface area contributed by atoms with E-state index < -0.39 is 5.91 Å². The fourth-order valence-electron chi connectivity index (χ4n) is 3.44. The van der Waals surface area contributed by atoms with Crippen LogP contribution in [0.25, 0.3) is 33.9 Å². The van der Waals surface area contributed by atoms with Crippen LogP contribution in [-0.4, -0.2) is 16.0 Å². The summed E-state index contributed by atoms with van der Waals surface area (Å²) in [5, 5.41) is 7.17. The van der Waals surface area contributed by atoms with E-state index in [0.717, 1.165) is 0 Å². The molecule has 2 N–H and O–H groups in total. The van der Waals surface area contributed by atoms with Crippen molar-refractivity contribution in [2.24, 2.45) is 0 Å². The van der Waals surface area contributed by atoms with Gasteiger partial charge in [0.1, 0.15) is 11.3 Å². The number of amides is 1. The summed E-state index contributed by atoms with van der Waals surface area (Å²) in [7, 11) is 0. The van der Waals surface area contributed by atoms with Gasteiger partial charge >= 0.3 is 0 Å². The lowest BCUT2D eigenvalue weighted by Gasteiger charge is -2.09. The second-order valence-electron chi connectivity index (χ2n) is 7.51. The smallest absolute Gasteiger partial charge is 0.293 e. The van der Waals surface area contributed by atoms with Crippen LogP contribution in [0.5, 0.6) is 0 Å². The minimum absolute atomic E-state index is 0.0564. The van der Waals surface area contributed by atoms with Gasteiger partial charge in [0.15, 0.2) is 16.5 Å². The molecule has 180 valence electrons. The Hall–Kier alpha value is -3.07. The number of hydrogen-bond donors (Lipinski definition) is 2. The molecule has 6 nitrogen and oxygen atoms in total. The van der Waals surface area contributed by atoms with E-state index in [1.165, 1.54) is 6.07 Å². The third-order valence-corrected chi connectivity index (χ3v) is 6.57. The van der Waals surface area contributed by atoms with Gasteiger partial charge in [-0.25, -0.2) is 4.98 Å². The van der Waals surface area contributed by atoms with Crippen molar-refractivity contribution in [3.63, 3.8) is 0 Å². The van der Waals surface area contributed by atoms with Gasteiger partial charge < -0.3 is 14.2 Å². The molecule has 0 aliphatic carbocycles. The van der Waals surface area contributed by atoms with Crippen molar-refractivity contribution >= 4 is 86.4 Å². The number of nitrogens with zero attached hydrogens (tertiary/aromatic N) is 1. The topological polar surface area (TPSA) is 80.3 Å². The van der Waals surface area contributed by atoms with E-state index in [0.29, 0.717) is 59.7 Å². The van der Waals surface area contributed by atoms with Crippen LogP contribution in [0.4, 0.5) is 5.69 Å². The van der Waals surface area contributed by atoms with E-state index >= 15 is 0 Å². The predicted molar refractivity (Wildman–Crippen MR) is 147 cm³/mol. The minimum Gasteiger partial charge on any atom is -0.451 e. The largest absolute Gasteiger partial charge is 0.451 e. The van der Waals surface area contributed by atoms with Gasteiger partial charge in [0.05, 0.1) is 15.1 Å². The molecule has 0 aliphatic heterocycles. The van der Waals surface area contributed by atoms with Crippen LogP contribution in [0.3, 0.4) is 0 Å². The van der Waals surface area contributed by atoms with Gasteiger partial charge in [-0.2, -0.15) is 0 Å². The van der Waals surface area contributed by atoms with Crippen LogP contribution < -0.4 is 10.6 Å². The second-order valence-corrected chi connectivity index (χ2v) is 9.55. The van der Waals surface area contributed by atoms with Gasteiger partial charge in [0.25, 0.3) is 5.91 Å². The Morgan fingerprint density at radius 3 is 2.53 bits per heavy atom. The first-order valence-corrected chi connectivity index (χ1v) is 12.2. The monoisotopic (exact) mass is 575 g/mol. The number of nitrogens with one attached hydrogen (secondary N) is 2. The number of rotatable bonds is 4. The average Bonchev–Trinajstić information content (AvgIpc) is 3.49. The first kappa shape index (κ1) is 24.6. The molecule has 0 atom stereocenters. The molecular formula is C25H13Cl4N3O3S. The number of carbonyl (C=O) groups excluding carboxylic acids is 1. The molecule has 0 radical (unpaired) electrons. The molecule has 36 heavy (non-hydrogen) atoms. The van der Waals surface area contributed by atoms with E-state index in [1.54, 1.807) is 54.6 Å². The maximum absolute atomic E-state index is 12.6. The summed E-state index contributed by atoms with van der Waals surface area (Å²) in [6.07, 6.45) is 0. The number of thiocarbonyl (C=S) groups is 1. The molecule has 0 unspecified atom stereocenters. The van der Waals surface area contributed by atoms with Crippen molar-refractivity contribution in [2.45, 2.75) is 0 Å². The molecule has 0 aliphatic rings. The highest BCUT2D eigenvalue weighted by Gasteiger charge is 2.17. The molecule has 5 rings (SSSR count). The van der Waals surface area contributed by atoms with E-state index in [-0.39, 0.29) is 10.9 Å². The predicted octanol–water partition coefficient (Wildman–Crippen LogP) is 8.50. The maximum Gasteiger partial charge on any atom is 0.293 e. The number of aromatic nitrogens is 1. The van der Waals surface area contributed by atoms with Crippen molar-refractivity contribution < 1.29 is 13.6 Å². The normalized spacial score (nSPS) is 11.0. The quantitative estimate of drug-likeness (QED) is 0.209. The van der Waals surface area contributed by atoms with Gasteiger partial charge in [0.2, 0.25) is 5.89 Å². The Balaban J connectivity index is 1.29. The summed E-state index contributed by atoms with van der Waals surface area (Å²) < 4.78 is 11.5. The van der Waals surface area contributed by atoms with Crippen molar-refractivity contribution in [3.8, 4) is 22.8 Å². The van der Waals surface area contributed by atoms with Crippen LogP contribution in [0, 0.1) is 0 Å². The zero-order valence-corrected chi connectivity index (χ0v) is 21.8. The first-order chi connectivity index (χ1) is 17.3. The number of carbonyl (C=O) groups is 1. The number of fused-ring (bicyclic) bond motifs is 1. The summed E-state index contributed by atoms with van der Waals surface area (Å²) in [4.78, 5) is 17.1. The molecule has 3 aromatic carbocycles. The fourth-order valence-corrected chi connectivity index (χ4v) is 4.56. The van der Waals surface area contributed by atoms with E-state index in [1.807, 2.05) is 6.07 Å². The Morgan fingerprint density at radius 1 is 0.889 bits per heavy atom. The van der Waals surface area contributed by atoms with Gasteiger partial charge in [-0.05, 0) is 66.8 Å². The molecule has 11 heteroatoms. The van der Waals surface area contributed by atoms with Crippen LogP contribution in [0.15, 0.2) is 75.6 Å². The Bertz CT molecular complexity index is 1650. The Labute approximate surface area is 230 Å². The van der Waals surface area contributed by atoms with E-state index in [4.69, 9.17) is 67.5 Å². The van der Waals surface area contributed by atoms with E-state index in [2.05, 4.69) is 15.6 Å². The van der Waals surface area contributed by atoms with E-state index in [9.17, 15) is 4.79 Å². The molecule has 0 spiro atoms. The van der Waals surface area contributed by atoms with Crippen LogP contribution >= 0.6 is 58.6 Å². The lowest BCUT2D eigenvalue weighted by Crippen LogP contribution is -2.33. The Morgan fingerprint density at radius 2 is 1.69 bits per heavy atom. The molecule has 0 bridgehead atoms. The third kappa shape index (κ3) is 5.07. The number of hydrogen-bond acceptors (Lipinski definition) is 5.